The second-order valence-corrected chi connectivity index (χ2v) is 10.4. The third-order valence-electron chi connectivity index (χ3n) is 7.38. The maximum absolute atomic E-state index is 12.8. The normalized spacial score (nSPS) is 15.7. The number of nitrogens with zero attached hydrogens (tertiary/aromatic N) is 4. The highest BCUT2D eigenvalue weighted by atomic mass is 19.3. The molecule has 1 aromatic carbocycles. The largest absolute Gasteiger partial charge is 0.491 e. The Balaban J connectivity index is 1.59. The number of aliphatic hydroxyl groups excluding tert-OH is 1. The van der Waals surface area contributed by atoms with Crippen LogP contribution in [-0.2, 0) is 6.42 Å². The lowest BCUT2D eigenvalue weighted by molar-refractivity contribution is 0.0681. The first-order valence-corrected chi connectivity index (χ1v) is 13.6. The molecule has 1 unspecified atom stereocenters. The summed E-state index contributed by atoms with van der Waals surface area (Å²) in [5, 5.41) is 17.1. The summed E-state index contributed by atoms with van der Waals surface area (Å²) in [5.74, 6) is 2.38. The Morgan fingerprint density at radius 1 is 1.18 bits per heavy atom. The molecule has 0 amide bonds. The van der Waals surface area contributed by atoms with Crippen LogP contribution >= 0.6 is 0 Å². The fourth-order valence-corrected chi connectivity index (χ4v) is 5.21. The summed E-state index contributed by atoms with van der Waals surface area (Å²) >= 11 is 0. The first-order chi connectivity index (χ1) is 18.7. The van der Waals surface area contributed by atoms with E-state index in [-0.39, 0.29) is 13.2 Å². The molecule has 0 saturated carbocycles. The molecular formula is C29H39F2N5O3. The maximum atomic E-state index is 12.8. The molecule has 1 saturated heterocycles. The lowest BCUT2D eigenvalue weighted by atomic mass is 9.90. The first-order valence-electron chi connectivity index (χ1n) is 13.6. The topological polar surface area (TPSA) is 96.5 Å². The summed E-state index contributed by atoms with van der Waals surface area (Å²) in [7, 11) is 1.78. The number of piperidine rings is 1. The summed E-state index contributed by atoms with van der Waals surface area (Å²) in [6.45, 7) is 7.72. The second-order valence-electron chi connectivity index (χ2n) is 10.4. The zero-order valence-corrected chi connectivity index (χ0v) is 23.2. The quantitative estimate of drug-likeness (QED) is 0.342. The number of halogens is 2. The fourth-order valence-electron chi connectivity index (χ4n) is 5.21. The number of alkyl halides is 2. The Hall–Kier alpha value is -2.95. The number of hydrogen-bond acceptors (Lipinski definition) is 8. The number of likely N-dealkylation sites (tertiary alicyclic amines) is 1. The molecule has 3 heterocycles. The minimum atomic E-state index is -2.28. The third-order valence-corrected chi connectivity index (χ3v) is 7.38. The van der Waals surface area contributed by atoms with Gasteiger partial charge in [-0.05, 0) is 90.2 Å². The minimum absolute atomic E-state index is 0.140. The number of rotatable bonds is 12. The van der Waals surface area contributed by atoms with Crippen molar-refractivity contribution in [3.05, 3.63) is 47.0 Å². The van der Waals surface area contributed by atoms with Crippen LogP contribution in [0.3, 0.4) is 0 Å². The van der Waals surface area contributed by atoms with Gasteiger partial charge < -0.3 is 19.7 Å². The smallest absolute Gasteiger partial charge is 0.251 e. The minimum Gasteiger partial charge on any atom is -0.491 e. The zero-order valence-electron chi connectivity index (χ0n) is 23.2. The Morgan fingerprint density at radius 3 is 2.62 bits per heavy atom. The SMILES string of the molecule is CNCC(O)COc1cccc(-c2nc(CCC3CCN(CC(F)F)CC3)c(C)c(-c3c(C)noc3C)n2)c1. The van der Waals surface area contributed by atoms with Gasteiger partial charge in [-0.1, -0.05) is 17.3 Å². The molecule has 212 valence electrons. The molecule has 8 nitrogen and oxygen atoms in total. The van der Waals surface area contributed by atoms with E-state index in [2.05, 4.69) is 10.5 Å². The van der Waals surface area contributed by atoms with Gasteiger partial charge >= 0.3 is 0 Å². The molecule has 0 aliphatic carbocycles. The van der Waals surface area contributed by atoms with Crippen LogP contribution in [0.15, 0.2) is 28.8 Å². The molecule has 2 N–H and O–H groups in total. The van der Waals surface area contributed by atoms with Gasteiger partial charge in [0.05, 0.1) is 23.5 Å². The number of hydrogen-bond donors (Lipinski definition) is 2. The van der Waals surface area contributed by atoms with Crippen molar-refractivity contribution in [3.63, 3.8) is 0 Å². The van der Waals surface area contributed by atoms with E-state index in [9.17, 15) is 13.9 Å². The monoisotopic (exact) mass is 543 g/mol. The van der Waals surface area contributed by atoms with Crippen LogP contribution in [0.5, 0.6) is 5.75 Å². The molecule has 0 bridgehead atoms. The fraction of sp³-hybridized carbons (Fsp3) is 0.552. The van der Waals surface area contributed by atoms with Crippen LogP contribution in [0.1, 0.15) is 42.0 Å². The number of aromatic nitrogens is 3. The number of ether oxygens (including phenoxy) is 1. The molecule has 1 aliphatic heterocycles. The van der Waals surface area contributed by atoms with Crippen molar-refractivity contribution in [2.45, 2.75) is 59.0 Å². The van der Waals surface area contributed by atoms with Crippen LogP contribution in [0.2, 0.25) is 0 Å². The van der Waals surface area contributed by atoms with Gasteiger partial charge in [0, 0.05) is 17.8 Å². The molecule has 3 aromatic rings. The predicted molar refractivity (Wildman–Crippen MR) is 146 cm³/mol. The summed E-state index contributed by atoms with van der Waals surface area (Å²) in [6.07, 6.45) is 0.637. The molecule has 2 aromatic heterocycles. The van der Waals surface area contributed by atoms with Crippen molar-refractivity contribution in [1.82, 2.24) is 25.3 Å². The van der Waals surface area contributed by atoms with Gasteiger partial charge in [0.1, 0.15) is 24.2 Å². The van der Waals surface area contributed by atoms with E-state index in [1.165, 1.54) is 0 Å². The van der Waals surface area contributed by atoms with E-state index in [0.29, 0.717) is 42.9 Å². The van der Waals surface area contributed by atoms with Crippen molar-refractivity contribution < 1.29 is 23.1 Å². The highest BCUT2D eigenvalue weighted by molar-refractivity contribution is 5.70. The predicted octanol–water partition coefficient (Wildman–Crippen LogP) is 4.59. The number of aliphatic hydroxyl groups is 1. The molecule has 39 heavy (non-hydrogen) atoms. The van der Waals surface area contributed by atoms with Crippen molar-refractivity contribution in [2.75, 3.05) is 39.8 Å². The van der Waals surface area contributed by atoms with Crippen LogP contribution in [-0.4, -0.2) is 77.5 Å². The number of aryl methyl sites for hydroxylation is 3. The third kappa shape index (κ3) is 7.58. The number of nitrogens with one attached hydrogen (secondary N) is 1. The van der Waals surface area contributed by atoms with Crippen LogP contribution in [0.25, 0.3) is 22.6 Å². The van der Waals surface area contributed by atoms with Gasteiger partial charge in [0.25, 0.3) is 6.43 Å². The molecule has 1 atom stereocenters. The Kier molecular flexibility index (Phi) is 9.99. The van der Waals surface area contributed by atoms with Gasteiger partial charge in [-0.2, -0.15) is 0 Å². The lowest BCUT2D eigenvalue weighted by Gasteiger charge is -2.31. The van der Waals surface area contributed by atoms with Crippen molar-refractivity contribution in [2.24, 2.45) is 5.92 Å². The Bertz CT molecular complexity index is 1210. The highest BCUT2D eigenvalue weighted by Crippen LogP contribution is 2.33. The van der Waals surface area contributed by atoms with E-state index in [1.807, 2.05) is 49.9 Å². The molecule has 1 aliphatic rings. The van der Waals surface area contributed by atoms with E-state index in [0.717, 1.165) is 59.5 Å². The highest BCUT2D eigenvalue weighted by Gasteiger charge is 2.24. The second kappa shape index (κ2) is 13.4. The number of benzene rings is 1. The lowest BCUT2D eigenvalue weighted by Crippen LogP contribution is -2.37. The van der Waals surface area contributed by atoms with E-state index < -0.39 is 12.5 Å². The molecule has 10 heteroatoms. The zero-order chi connectivity index (χ0) is 27.9. The van der Waals surface area contributed by atoms with Crippen LogP contribution < -0.4 is 10.1 Å². The standard InChI is InChI=1S/C29H39F2N5O3/c1-18-25(9-8-21-10-12-36(13-11-21)16-26(30)31)33-29(34-28(18)27-19(2)35-39-20(27)3)22-6-5-7-24(14-22)38-17-23(37)15-32-4/h5-7,14,21,23,26,32,37H,8-13,15-17H2,1-4H3. The van der Waals surface area contributed by atoms with E-state index in [1.54, 1.807) is 7.05 Å². The van der Waals surface area contributed by atoms with Crippen LogP contribution in [0.4, 0.5) is 8.78 Å². The molecule has 0 radical (unpaired) electrons. The number of likely N-dealkylation sites (N-methyl/N-ethyl adjacent to an activating group) is 1. The maximum Gasteiger partial charge on any atom is 0.251 e. The van der Waals surface area contributed by atoms with Gasteiger partial charge in [0.15, 0.2) is 5.82 Å². The molecule has 0 spiro atoms. The molecular weight excluding hydrogens is 504 g/mol. The molecule has 1 fully saturated rings. The summed E-state index contributed by atoms with van der Waals surface area (Å²) < 4.78 is 36.8. The van der Waals surface area contributed by atoms with Crippen molar-refractivity contribution in [1.29, 1.82) is 0 Å². The van der Waals surface area contributed by atoms with Gasteiger partial charge in [0.2, 0.25) is 0 Å². The van der Waals surface area contributed by atoms with Crippen molar-refractivity contribution in [3.8, 4) is 28.4 Å². The van der Waals surface area contributed by atoms with Crippen molar-refractivity contribution >= 4 is 0 Å². The van der Waals surface area contributed by atoms with Gasteiger partial charge in [-0.25, -0.2) is 18.7 Å². The van der Waals surface area contributed by atoms with Crippen LogP contribution in [0, 0.1) is 26.7 Å². The summed E-state index contributed by atoms with van der Waals surface area (Å²) in [5.41, 5.74) is 5.21. The Labute approximate surface area is 228 Å². The average Bonchev–Trinajstić information content (AvgIpc) is 3.25. The summed E-state index contributed by atoms with van der Waals surface area (Å²) in [6, 6.07) is 7.57. The first kappa shape index (κ1) is 29.0. The summed E-state index contributed by atoms with van der Waals surface area (Å²) in [4.78, 5) is 11.8. The van der Waals surface area contributed by atoms with Gasteiger partial charge in [-0.3, -0.25) is 4.90 Å². The van der Waals surface area contributed by atoms with E-state index >= 15 is 0 Å². The van der Waals surface area contributed by atoms with E-state index in [4.69, 9.17) is 19.2 Å². The van der Waals surface area contributed by atoms with Gasteiger partial charge in [-0.15, -0.1) is 0 Å². The Morgan fingerprint density at radius 2 is 1.95 bits per heavy atom. The molecule has 4 rings (SSSR count). The average molecular weight is 544 g/mol.